The normalized spacial score (nSPS) is 21.7. The molecule has 9 nitrogen and oxygen atoms in total. The number of benzene rings is 1. The van der Waals surface area contributed by atoms with Crippen molar-refractivity contribution in [3.05, 3.63) is 53.9 Å². The smallest absolute Gasteiger partial charge is 0.253 e. The molecule has 0 saturated carbocycles. The van der Waals surface area contributed by atoms with Crippen LogP contribution in [0.15, 0.2) is 47.6 Å². The number of nitrogens with one attached hydrogen (secondary N) is 2. The van der Waals surface area contributed by atoms with Crippen LogP contribution in [-0.2, 0) is 21.3 Å². The maximum absolute atomic E-state index is 12.9. The lowest BCUT2D eigenvalue weighted by molar-refractivity contribution is 0.0608. The van der Waals surface area contributed by atoms with Crippen LogP contribution in [0.25, 0.3) is 11.0 Å². The Morgan fingerprint density at radius 2 is 2.14 bits per heavy atom. The summed E-state index contributed by atoms with van der Waals surface area (Å²) in [6.07, 6.45) is 3.87. The maximum Gasteiger partial charge on any atom is 0.253 e. The Labute approximate surface area is 170 Å². The summed E-state index contributed by atoms with van der Waals surface area (Å²) in [5.41, 5.74) is 1.86. The van der Waals surface area contributed by atoms with Crippen molar-refractivity contribution in [2.24, 2.45) is 0 Å². The lowest BCUT2D eigenvalue weighted by atomic mass is 10.2. The highest BCUT2D eigenvalue weighted by atomic mass is 32.2. The minimum Gasteiger partial charge on any atom is -0.375 e. The van der Waals surface area contributed by atoms with Gasteiger partial charge < -0.3 is 10.1 Å². The van der Waals surface area contributed by atoms with Gasteiger partial charge in [0.15, 0.2) is 5.65 Å². The predicted octanol–water partition coefficient (Wildman–Crippen LogP) is 1.54. The van der Waals surface area contributed by atoms with Crippen LogP contribution in [0.2, 0.25) is 0 Å². The lowest BCUT2D eigenvalue weighted by Gasteiger charge is -2.26. The Morgan fingerprint density at radius 1 is 1.31 bits per heavy atom. The molecule has 154 valence electrons. The summed E-state index contributed by atoms with van der Waals surface area (Å²) in [6, 6.07) is 8.26. The Balaban J connectivity index is 0.00000136. The van der Waals surface area contributed by atoms with Crippen molar-refractivity contribution in [3.8, 4) is 0 Å². The molecule has 2 aliphatic heterocycles. The quantitative estimate of drug-likeness (QED) is 0.650. The van der Waals surface area contributed by atoms with Crippen molar-refractivity contribution < 1.29 is 20.8 Å². The zero-order valence-corrected chi connectivity index (χ0v) is 16.2. The maximum atomic E-state index is 12.9. The second-order valence-electron chi connectivity index (χ2n) is 7.28. The third-order valence-corrected chi connectivity index (χ3v) is 7.32. The monoisotopic (exact) mass is 417 g/mol. The standard InChI is InChI=1S/C19H19N5O4S.2H2/c25-19(14-5-13-9-22-23-18(13)20-8-14)21-7-12-1-3-17(4-2-12)29(26,27)24-10-16-6-15(24)11-28-16;;/h1-5,8-9,15-16H,6-7,10-11H2,(H,21,25)(H,20,22,23);2*1H. The molecule has 2 aromatic heterocycles. The SMILES string of the molecule is O=C(NCc1ccc(S(=O)(=O)N2CC3CC2CO3)cc1)c1cnc2[nH]ncc2c1.[HH].[HH]. The fourth-order valence-electron chi connectivity index (χ4n) is 3.82. The summed E-state index contributed by atoms with van der Waals surface area (Å²) < 4.78 is 32.7. The van der Waals surface area contributed by atoms with Crippen molar-refractivity contribution in [1.29, 1.82) is 0 Å². The minimum absolute atomic E-state index is 0. The summed E-state index contributed by atoms with van der Waals surface area (Å²) in [6.45, 7) is 1.16. The number of fused-ring (bicyclic) bond motifs is 3. The number of rotatable bonds is 5. The molecular formula is C19H23N5O4S. The molecule has 2 atom stereocenters. The molecule has 4 heterocycles. The van der Waals surface area contributed by atoms with E-state index in [0.29, 0.717) is 24.4 Å². The van der Waals surface area contributed by atoms with E-state index in [0.717, 1.165) is 17.4 Å². The molecule has 2 saturated heterocycles. The molecule has 5 rings (SSSR count). The topological polar surface area (TPSA) is 117 Å². The number of carbonyl (C=O) groups excluding carboxylic acids is 1. The van der Waals surface area contributed by atoms with E-state index < -0.39 is 10.0 Å². The van der Waals surface area contributed by atoms with Crippen LogP contribution in [0.5, 0.6) is 0 Å². The molecule has 0 spiro atoms. The third kappa shape index (κ3) is 3.28. The minimum atomic E-state index is -3.53. The average Bonchev–Trinajstić information content (AvgIpc) is 3.48. The van der Waals surface area contributed by atoms with Gasteiger partial charge in [0.1, 0.15) is 0 Å². The van der Waals surface area contributed by atoms with Gasteiger partial charge in [-0.2, -0.15) is 9.40 Å². The van der Waals surface area contributed by atoms with Gasteiger partial charge in [-0.1, -0.05) is 12.1 Å². The van der Waals surface area contributed by atoms with E-state index in [9.17, 15) is 13.2 Å². The number of hydrogen-bond donors (Lipinski definition) is 2. The largest absolute Gasteiger partial charge is 0.375 e. The molecule has 2 N–H and O–H groups in total. The van der Waals surface area contributed by atoms with Crippen molar-refractivity contribution in [3.63, 3.8) is 0 Å². The molecule has 2 bridgehead atoms. The van der Waals surface area contributed by atoms with E-state index in [2.05, 4.69) is 20.5 Å². The van der Waals surface area contributed by atoms with Gasteiger partial charge in [0.2, 0.25) is 10.0 Å². The van der Waals surface area contributed by atoms with Crippen LogP contribution in [0, 0.1) is 0 Å². The van der Waals surface area contributed by atoms with Crippen LogP contribution in [0.4, 0.5) is 0 Å². The van der Waals surface area contributed by atoms with Gasteiger partial charge >= 0.3 is 0 Å². The molecule has 0 aliphatic carbocycles. The van der Waals surface area contributed by atoms with Crippen molar-refractivity contribution in [1.82, 2.24) is 24.8 Å². The highest BCUT2D eigenvalue weighted by Crippen LogP contribution is 2.32. The lowest BCUT2D eigenvalue weighted by Crippen LogP contribution is -2.41. The number of sulfonamides is 1. The molecule has 2 aliphatic rings. The van der Waals surface area contributed by atoms with Gasteiger partial charge in [0.05, 0.1) is 35.4 Å². The van der Waals surface area contributed by atoms with E-state index in [1.54, 1.807) is 36.5 Å². The third-order valence-electron chi connectivity index (χ3n) is 5.39. The number of pyridine rings is 1. The zero-order valence-electron chi connectivity index (χ0n) is 15.4. The average molecular weight is 417 g/mol. The number of H-pyrrole nitrogens is 1. The Kier molecular flexibility index (Phi) is 4.34. The Morgan fingerprint density at radius 3 is 2.86 bits per heavy atom. The summed E-state index contributed by atoms with van der Waals surface area (Å²) in [5, 5.41) is 10.2. The first-order valence-corrected chi connectivity index (χ1v) is 10.7. The van der Waals surface area contributed by atoms with E-state index in [4.69, 9.17) is 4.74 Å². The van der Waals surface area contributed by atoms with Crippen LogP contribution >= 0.6 is 0 Å². The summed E-state index contributed by atoms with van der Waals surface area (Å²) >= 11 is 0. The van der Waals surface area contributed by atoms with E-state index in [-0.39, 0.29) is 32.3 Å². The van der Waals surface area contributed by atoms with Crippen molar-refractivity contribution >= 4 is 27.0 Å². The first-order valence-electron chi connectivity index (χ1n) is 9.30. The van der Waals surface area contributed by atoms with Crippen LogP contribution in [0.1, 0.15) is 25.2 Å². The molecule has 2 fully saturated rings. The number of aromatic nitrogens is 3. The van der Waals surface area contributed by atoms with Gasteiger partial charge in [0.25, 0.3) is 5.91 Å². The number of morpholine rings is 1. The molecule has 3 aromatic rings. The second-order valence-corrected chi connectivity index (χ2v) is 9.17. The predicted molar refractivity (Wildman–Crippen MR) is 108 cm³/mol. The van der Waals surface area contributed by atoms with Gasteiger partial charge in [-0.3, -0.25) is 9.89 Å². The Hall–Kier alpha value is -2.82. The van der Waals surface area contributed by atoms with Crippen molar-refractivity contribution in [2.45, 2.75) is 30.0 Å². The van der Waals surface area contributed by atoms with Crippen LogP contribution in [0.3, 0.4) is 0 Å². The van der Waals surface area contributed by atoms with Gasteiger partial charge in [-0.25, -0.2) is 13.4 Å². The molecule has 29 heavy (non-hydrogen) atoms. The summed E-state index contributed by atoms with van der Waals surface area (Å²) in [4.78, 5) is 16.8. The molecule has 10 heteroatoms. The highest BCUT2D eigenvalue weighted by Gasteiger charge is 2.45. The van der Waals surface area contributed by atoms with Gasteiger partial charge in [0, 0.05) is 27.5 Å². The zero-order chi connectivity index (χ0) is 20.0. The highest BCUT2D eigenvalue weighted by molar-refractivity contribution is 7.89. The fourth-order valence-corrected chi connectivity index (χ4v) is 5.47. The number of nitrogens with zero attached hydrogens (tertiary/aromatic N) is 3. The number of aromatic amines is 1. The van der Waals surface area contributed by atoms with E-state index in [1.165, 1.54) is 10.5 Å². The first kappa shape index (κ1) is 18.2. The number of carbonyl (C=O) groups is 1. The van der Waals surface area contributed by atoms with Gasteiger partial charge in [-0.05, 0) is 30.2 Å². The fraction of sp³-hybridized carbons (Fsp3) is 0.316. The van der Waals surface area contributed by atoms with Gasteiger partial charge in [-0.15, -0.1) is 0 Å². The summed E-state index contributed by atoms with van der Waals surface area (Å²) in [7, 11) is -3.53. The van der Waals surface area contributed by atoms with Crippen LogP contribution in [-0.4, -0.2) is 59.1 Å². The summed E-state index contributed by atoms with van der Waals surface area (Å²) in [5.74, 6) is -0.259. The Bertz CT molecular complexity index is 1190. The number of hydrogen-bond acceptors (Lipinski definition) is 6. The molecule has 1 amide bonds. The first-order chi connectivity index (χ1) is 14.0. The molecule has 1 aromatic carbocycles. The number of ether oxygens (including phenoxy) is 1. The molecular weight excluding hydrogens is 394 g/mol. The molecule has 0 radical (unpaired) electrons. The van der Waals surface area contributed by atoms with E-state index >= 15 is 0 Å². The van der Waals surface area contributed by atoms with Crippen molar-refractivity contribution in [2.75, 3.05) is 13.2 Å². The number of amides is 1. The van der Waals surface area contributed by atoms with E-state index in [1.807, 2.05) is 0 Å². The van der Waals surface area contributed by atoms with Crippen LogP contribution < -0.4 is 5.32 Å². The second kappa shape index (κ2) is 6.90. The molecule has 2 unspecified atom stereocenters.